The highest BCUT2D eigenvalue weighted by atomic mass is 16.5. The van der Waals surface area contributed by atoms with Crippen molar-refractivity contribution in [1.29, 1.82) is 0 Å². The van der Waals surface area contributed by atoms with Crippen LogP contribution < -0.4 is 10.6 Å². The Hall–Kier alpha value is -2.12. The summed E-state index contributed by atoms with van der Waals surface area (Å²) < 4.78 is 7.49. The lowest BCUT2D eigenvalue weighted by molar-refractivity contribution is 0.0389. The Kier molecular flexibility index (Phi) is 6.25. The molecule has 2 aromatic rings. The van der Waals surface area contributed by atoms with Crippen LogP contribution in [0.4, 0.5) is 0 Å². The third-order valence-electron chi connectivity index (χ3n) is 4.43. The molecule has 7 heteroatoms. The average molecular weight is 344 g/mol. The van der Waals surface area contributed by atoms with Crippen molar-refractivity contribution in [2.75, 3.05) is 45.9 Å². The summed E-state index contributed by atoms with van der Waals surface area (Å²) in [6.07, 6.45) is 0. The lowest BCUT2D eigenvalue weighted by atomic mass is 10.3. The number of para-hydroxylation sites is 2. The van der Waals surface area contributed by atoms with E-state index in [0.717, 1.165) is 68.8 Å². The van der Waals surface area contributed by atoms with Gasteiger partial charge in [-0.05, 0) is 19.1 Å². The van der Waals surface area contributed by atoms with Crippen LogP contribution in [-0.4, -0.2) is 66.3 Å². The first-order chi connectivity index (χ1) is 12.3. The highest BCUT2D eigenvalue weighted by Gasteiger charge is 2.10. The smallest absolute Gasteiger partial charge is 0.191 e. The van der Waals surface area contributed by atoms with Crippen LogP contribution in [0.2, 0.25) is 0 Å². The monoisotopic (exact) mass is 344 g/mol. The van der Waals surface area contributed by atoms with Crippen LogP contribution >= 0.6 is 0 Å². The van der Waals surface area contributed by atoms with Gasteiger partial charge in [0, 0.05) is 39.8 Å². The number of hydrogen-bond donors (Lipinski definition) is 2. The zero-order chi connectivity index (χ0) is 17.5. The molecule has 1 saturated heterocycles. The number of imidazole rings is 1. The fourth-order valence-electron chi connectivity index (χ4n) is 2.99. The molecule has 0 radical (unpaired) electrons. The topological polar surface area (TPSA) is 66.7 Å². The van der Waals surface area contributed by atoms with E-state index in [2.05, 4.69) is 38.1 Å². The van der Waals surface area contributed by atoms with Gasteiger partial charge in [0.05, 0.1) is 24.2 Å². The molecule has 1 aromatic carbocycles. The van der Waals surface area contributed by atoms with Crippen LogP contribution in [0.5, 0.6) is 0 Å². The molecule has 0 aliphatic carbocycles. The first-order valence-electron chi connectivity index (χ1n) is 9.00. The van der Waals surface area contributed by atoms with E-state index in [0.29, 0.717) is 6.54 Å². The van der Waals surface area contributed by atoms with Gasteiger partial charge in [0.2, 0.25) is 0 Å². The van der Waals surface area contributed by atoms with E-state index >= 15 is 0 Å². The van der Waals surface area contributed by atoms with Crippen LogP contribution in [0.25, 0.3) is 11.0 Å². The number of morpholine rings is 1. The maximum absolute atomic E-state index is 5.38. The first kappa shape index (κ1) is 17.7. The summed E-state index contributed by atoms with van der Waals surface area (Å²) in [6.45, 7) is 9.03. The minimum atomic E-state index is 0.554. The van der Waals surface area contributed by atoms with Gasteiger partial charge in [-0.25, -0.2) is 9.98 Å². The van der Waals surface area contributed by atoms with Crippen LogP contribution in [-0.2, 0) is 18.3 Å². The average Bonchev–Trinajstić information content (AvgIpc) is 2.97. The van der Waals surface area contributed by atoms with Crippen LogP contribution in [0.1, 0.15) is 12.7 Å². The van der Waals surface area contributed by atoms with E-state index in [1.54, 1.807) is 0 Å². The van der Waals surface area contributed by atoms with Gasteiger partial charge in [-0.2, -0.15) is 0 Å². The predicted molar refractivity (Wildman–Crippen MR) is 101 cm³/mol. The Bertz CT molecular complexity index is 705. The van der Waals surface area contributed by atoms with Crippen molar-refractivity contribution in [2.45, 2.75) is 13.5 Å². The van der Waals surface area contributed by atoms with Crippen molar-refractivity contribution >= 4 is 17.0 Å². The second kappa shape index (κ2) is 8.82. The van der Waals surface area contributed by atoms with E-state index < -0.39 is 0 Å². The van der Waals surface area contributed by atoms with E-state index in [1.165, 1.54) is 0 Å². The third kappa shape index (κ3) is 4.70. The van der Waals surface area contributed by atoms with Crippen molar-refractivity contribution in [1.82, 2.24) is 25.1 Å². The molecule has 0 amide bonds. The first-order valence-corrected chi connectivity index (χ1v) is 9.00. The van der Waals surface area contributed by atoms with Crippen molar-refractivity contribution in [3.05, 3.63) is 30.1 Å². The normalized spacial score (nSPS) is 16.3. The molecule has 7 nitrogen and oxygen atoms in total. The second-order valence-electron chi connectivity index (χ2n) is 6.15. The van der Waals surface area contributed by atoms with Crippen molar-refractivity contribution in [3.8, 4) is 0 Å². The molecule has 0 saturated carbocycles. The number of guanidine groups is 1. The van der Waals surface area contributed by atoms with E-state index in [9.17, 15) is 0 Å². The molecule has 136 valence electrons. The van der Waals surface area contributed by atoms with Gasteiger partial charge in [0.1, 0.15) is 12.4 Å². The summed E-state index contributed by atoms with van der Waals surface area (Å²) in [7, 11) is 2.04. The molecular formula is C18H28N6O. The predicted octanol–water partition coefficient (Wildman–Crippen LogP) is 0.961. The van der Waals surface area contributed by atoms with Crippen molar-refractivity contribution in [3.63, 3.8) is 0 Å². The number of aryl methyl sites for hydroxylation is 1. The Morgan fingerprint density at radius 3 is 2.80 bits per heavy atom. The summed E-state index contributed by atoms with van der Waals surface area (Å²) >= 11 is 0. The quantitative estimate of drug-likeness (QED) is 0.604. The fourth-order valence-corrected chi connectivity index (χ4v) is 2.99. The number of aliphatic imine (C=N–C) groups is 1. The summed E-state index contributed by atoms with van der Waals surface area (Å²) in [5.74, 6) is 1.80. The molecule has 2 heterocycles. The molecule has 0 unspecified atom stereocenters. The molecule has 0 bridgehead atoms. The highest BCUT2D eigenvalue weighted by molar-refractivity contribution is 5.80. The van der Waals surface area contributed by atoms with Gasteiger partial charge in [-0.15, -0.1) is 0 Å². The number of nitrogens with one attached hydrogen (secondary N) is 2. The third-order valence-corrected chi connectivity index (χ3v) is 4.43. The fraction of sp³-hybridized carbons (Fsp3) is 0.556. The Labute approximate surface area is 149 Å². The number of benzene rings is 1. The lowest BCUT2D eigenvalue weighted by Gasteiger charge is -2.26. The van der Waals surface area contributed by atoms with Gasteiger partial charge in [0.25, 0.3) is 0 Å². The second-order valence-corrected chi connectivity index (χ2v) is 6.15. The molecular weight excluding hydrogens is 316 g/mol. The van der Waals surface area contributed by atoms with Gasteiger partial charge in [0.15, 0.2) is 5.96 Å². The maximum atomic E-state index is 5.38. The van der Waals surface area contributed by atoms with Gasteiger partial charge >= 0.3 is 0 Å². The minimum Gasteiger partial charge on any atom is -0.379 e. The van der Waals surface area contributed by atoms with Crippen molar-refractivity contribution in [2.24, 2.45) is 12.0 Å². The van der Waals surface area contributed by atoms with E-state index in [1.807, 2.05) is 25.2 Å². The van der Waals surface area contributed by atoms with Gasteiger partial charge in [-0.1, -0.05) is 12.1 Å². The Morgan fingerprint density at radius 1 is 1.24 bits per heavy atom. The molecule has 2 N–H and O–H groups in total. The lowest BCUT2D eigenvalue weighted by Crippen LogP contribution is -2.44. The molecule has 3 rings (SSSR count). The number of ether oxygens (including phenoxy) is 1. The van der Waals surface area contributed by atoms with E-state index in [4.69, 9.17) is 9.73 Å². The molecule has 1 aliphatic heterocycles. The summed E-state index contributed by atoms with van der Waals surface area (Å²) in [6, 6.07) is 8.17. The number of aromatic nitrogens is 2. The molecule has 1 aromatic heterocycles. The number of fused-ring (bicyclic) bond motifs is 1. The van der Waals surface area contributed by atoms with E-state index in [-0.39, 0.29) is 0 Å². The van der Waals surface area contributed by atoms with Crippen LogP contribution in [0.15, 0.2) is 29.3 Å². The summed E-state index contributed by atoms with van der Waals surface area (Å²) in [5.41, 5.74) is 2.15. The molecule has 1 fully saturated rings. The molecule has 0 atom stereocenters. The maximum Gasteiger partial charge on any atom is 0.191 e. The van der Waals surface area contributed by atoms with Gasteiger partial charge in [-0.3, -0.25) is 4.90 Å². The highest BCUT2D eigenvalue weighted by Crippen LogP contribution is 2.14. The summed E-state index contributed by atoms with van der Waals surface area (Å²) in [5, 5.41) is 6.71. The number of nitrogens with zero attached hydrogens (tertiary/aromatic N) is 4. The minimum absolute atomic E-state index is 0.554. The Morgan fingerprint density at radius 2 is 2.04 bits per heavy atom. The van der Waals surface area contributed by atoms with Crippen molar-refractivity contribution < 1.29 is 4.74 Å². The SMILES string of the molecule is CCNC(=NCc1nc2ccccc2n1C)NCCN1CCOCC1. The zero-order valence-electron chi connectivity index (χ0n) is 15.2. The van der Waals surface area contributed by atoms with Gasteiger partial charge < -0.3 is 19.9 Å². The largest absolute Gasteiger partial charge is 0.379 e. The zero-order valence-corrected chi connectivity index (χ0v) is 15.2. The van der Waals surface area contributed by atoms with Crippen LogP contribution in [0, 0.1) is 0 Å². The molecule has 25 heavy (non-hydrogen) atoms. The molecule has 0 spiro atoms. The van der Waals surface area contributed by atoms with Crippen LogP contribution in [0.3, 0.4) is 0 Å². The number of hydrogen-bond acceptors (Lipinski definition) is 4. The molecule has 1 aliphatic rings. The Balaban J connectivity index is 1.58. The number of rotatable bonds is 6. The summed E-state index contributed by atoms with van der Waals surface area (Å²) in [4.78, 5) is 11.8. The standard InChI is InChI=1S/C18H28N6O/c1-3-19-18(20-8-9-24-10-12-25-13-11-24)21-14-17-22-15-6-4-5-7-16(15)23(17)2/h4-7H,3,8-14H2,1-2H3,(H2,19,20,21).